The highest BCUT2D eigenvalue weighted by Crippen LogP contribution is 2.36. The molecular weight excluding hydrogens is 454 g/mol. The normalized spacial score (nSPS) is 11.9. The van der Waals surface area contributed by atoms with Gasteiger partial charge >= 0.3 is 12.5 Å². The summed E-state index contributed by atoms with van der Waals surface area (Å²) in [6.45, 7) is 1.12. The molecule has 0 bridgehead atoms. The van der Waals surface area contributed by atoms with Gasteiger partial charge in [-0.1, -0.05) is 18.2 Å². The zero-order valence-corrected chi connectivity index (χ0v) is 17.1. The van der Waals surface area contributed by atoms with E-state index in [-0.39, 0.29) is 47.4 Å². The van der Waals surface area contributed by atoms with Crippen molar-refractivity contribution in [2.24, 2.45) is 0 Å². The third-order valence-electron chi connectivity index (χ3n) is 4.39. The van der Waals surface area contributed by atoms with Crippen LogP contribution < -0.4 is 15.4 Å². The molecule has 1 aromatic heterocycles. The maximum atomic E-state index is 13.2. The smallest absolute Gasteiger partial charge is 0.406 e. The molecule has 0 spiro atoms. The van der Waals surface area contributed by atoms with Crippen molar-refractivity contribution in [2.45, 2.75) is 19.5 Å². The second-order valence-corrected chi connectivity index (χ2v) is 6.79. The third-order valence-corrected chi connectivity index (χ3v) is 4.39. The van der Waals surface area contributed by atoms with Crippen LogP contribution in [0.5, 0.6) is 5.75 Å². The van der Waals surface area contributed by atoms with Crippen molar-refractivity contribution in [2.75, 3.05) is 23.8 Å². The number of aromatic nitrogens is 2. The van der Waals surface area contributed by atoms with Crippen molar-refractivity contribution in [3.63, 3.8) is 0 Å². The maximum Gasteiger partial charge on any atom is 0.573 e. The molecule has 0 saturated carbocycles. The fourth-order valence-corrected chi connectivity index (χ4v) is 2.97. The standard InChI is InChI=1S/C21H18F6N4O2/c1-12-15(20(22,23)24)6-3-7-16(12)29-18-11-17(30-19(31-18)28-8-9-32)13-4-2-5-14(10-13)33-21(25,26)27/h2-7,10-11,32H,8-9H2,1H3,(H2,28,29,30,31). The predicted octanol–water partition coefficient (Wildman–Crippen LogP) is 5.52. The average molecular weight is 472 g/mol. The molecule has 3 rings (SSSR count). The monoisotopic (exact) mass is 472 g/mol. The van der Waals surface area contributed by atoms with Gasteiger partial charge in [0.2, 0.25) is 5.95 Å². The van der Waals surface area contributed by atoms with Gasteiger partial charge in [-0.15, -0.1) is 13.2 Å². The van der Waals surface area contributed by atoms with Crippen LogP contribution in [0.4, 0.5) is 43.8 Å². The van der Waals surface area contributed by atoms with Gasteiger partial charge in [0, 0.05) is 23.9 Å². The Hall–Kier alpha value is -3.54. The number of hydrogen-bond donors (Lipinski definition) is 3. The molecule has 0 aliphatic carbocycles. The highest BCUT2D eigenvalue weighted by Gasteiger charge is 2.33. The molecule has 12 heteroatoms. The SMILES string of the molecule is Cc1c(Nc2cc(-c3cccc(OC(F)(F)F)c3)nc(NCCO)n2)cccc1C(F)(F)F. The van der Waals surface area contributed by atoms with Gasteiger partial charge < -0.3 is 20.5 Å². The number of alkyl halides is 6. The second kappa shape index (κ2) is 9.53. The van der Waals surface area contributed by atoms with E-state index < -0.39 is 23.9 Å². The number of nitrogens with zero attached hydrogens (tertiary/aromatic N) is 2. The van der Waals surface area contributed by atoms with E-state index in [0.29, 0.717) is 0 Å². The quantitative estimate of drug-likeness (QED) is 0.393. The molecule has 0 aliphatic rings. The summed E-state index contributed by atoms with van der Waals surface area (Å²) >= 11 is 0. The number of nitrogens with one attached hydrogen (secondary N) is 2. The summed E-state index contributed by atoms with van der Waals surface area (Å²) in [4.78, 5) is 8.38. The Balaban J connectivity index is 2.01. The molecule has 0 unspecified atom stereocenters. The molecule has 0 fully saturated rings. The first-order chi connectivity index (χ1) is 15.5. The lowest BCUT2D eigenvalue weighted by atomic mass is 10.1. The van der Waals surface area contributed by atoms with Crippen molar-refractivity contribution in [1.29, 1.82) is 0 Å². The Kier molecular flexibility index (Phi) is 6.96. The maximum absolute atomic E-state index is 13.2. The van der Waals surface area contributed by atoms with Crippen molar-refractivity contribution >= 4 is 17.5 Å². The van der Waals surface area contributed by atoms with E-state index in [1.807, 2.05) is 0 Å². The minimum Gasteiger partial charge on any atom is -0.406 e. The first-order valence-electron chi connectivity index (χ1n) is 9.50. The average Bonchev–Trinajstić information content (AvgIpc) is 2.72. The molecule has 33 heavy (non-hydrogen) atoms. The lowest BCUT2D eigenvalue weighted by Crippen LogP contribution is -2.17. The predicted molar refractivity (Wildman–Crippen MR) is 109 cm³/mol. The Morgan fingerprint density at radius 3 is 2.36 bits per heavy atom. The van der Waals surface area contributed by atoms with Crippen LogP contribution in [-0.2, 0) is 6.18 Å². The molecule has 3 N–H and O–H groups in total. The number of ether oxygens (including phenoxy) is 1. The summed E-state index contributed by atoms with van der Waals surface area (Å²) in [7, 11) is 0. The van der Waals surface area contributed by atoms with E-state index in [4.69, 9.17) is 5.11 Å². The number of benzene rings is 2. The van der Waals surface area contributed by atoms with Crippen LogP contribution in [-0.4, -0.2) is 34.6 Å². The van der Waals surface area contributed by atoms with Gasteiger partial charge in [-0.2, -0.15) is 18.2 Å². The van der Waals surface area contributed by atoms with Gasteiger partial charge in [0.05, 0.1) is 17.9 Å². The number of aliphatic hydroxyl groups is 1. The highest BCUT2D eigenvalue weighted by molar-refractivity contribution is 5.70. The molecule has 0 radical (unpaired) electrons. The fraction of sp³-hybridized carbons (Fsp3) is 0.238. The topological polar surface area (TPSA) is 79.3 Å². The van der Waals surface area contributed by atoms with Gasteiger partial charge in [0.25, 0.3) is 0 Å². The number of rotatable bonds is 7. The Labute approximate surface area is 184 Å². The molecule has 0 saturated heterocycles. The largest absolute Gasteiger partial charge is 0.573 e. The Morgan fingerprint density at radius 2 is 1.70 bits per heavy atom. The zero-order chi connectivity index (χ0) is 24.2. The van der Waals surface area contributed by atoms with Crippen LogP contribution in [0.15, 0.2) is 48.5 Å². The zero-order valence-electron chi connectivity index (χ0n) is 17.1. The van der Waals surface area contributed by atoms with E-state index in [9.17, 15) is 26.3 Å². The number of anilines is 3. The van der Waals surface area contributed by atoms with Gasteiger partial charge in [-0.3, -0.25) is 0 Å². The van der Waals surface area contributed by atoms with Crippen molar-refractivity contribution in [3.8, 4) is 17.0 Å². The summed E-state index contributed by atoms with van der Waals surface area (Å²) in [5, 5.41) is 14.6. The molecule has 2 aromatic carbocycles. The van der Waals surface area contributed by atoms with E-state index in [2.05, 4.69) is 25.3 Å². The molecular formula is C21H18F6N4O2. The first kappa shape index (κ1) is 24.1. The lowest BCUT2D eigenvalue weighted by Gasteiger charge is -2.16. The Bertz CT molecular complexity index is 1120. The molecule has 176 valence electrons. The van der Waals surface area contributed by atoms with Crippen molar-refractivity contribution < 1.29 is 36.2 Å². The number of halogens is 6. The van der Waals surface area contributed by atoms with Crippen LogP contribution in [0, 0.1) is 6.92 Å². The van der Waals surface area contributed by atoms with Gasteiger partial charge in [-0.25, -0.2) is 4.98 Å². The number of aliphatic hydroxyl groups excluding tert-OH is 1. The minimum absolute atomic E-state index is 0.0100. The van der Waals surface area contributed by atoms with Gasteiger partial charge in [0.15, 0.2) is 0 Å². The molecule has 0 amide bonds. The van der Waals surface area contributed by atoms with Crippen LogP contribution in [0.3, 0.4) is 0 Å². The van der Waals surface area contributed by atoms with E-state index in [1.54, 1.807) is 0 Å². The second-order valence-electron chi connectivity index (χ2n) is 6.79. The van der Waals surface area contributed by atoms with Crippen LogP contribution in [0.1, 0.15) is 11.1 Å². The molecule has 0 aliphatic heterocycles. The molecule has 0 atom stereocenters. The summed E-state index contributed by atoms with van der Waals surface area (Å²) in [5.74, 6) is -0.368. The van der Waals surface area contributed by atoms with Crippen LogP contribution >= 0.6 is 0 Å². The molecule has 6 nitrogen and oxygen atoms in total. The summed E-state index contributed by atoms with van der Waals surface area (Å²) in [6.07, 6.45) is -9.43. The molecule has 3 aromatic rings. The fourth-order valence-electron chi connectivity index (χ4n) is 2.97. The first-order valence-corrected chi connectivity index (χ1v) is 9.50. The summed E-state index contributed by atoms with van der Waals surface area (Å²) in [6, 6.07) is 10.1. The van der Waals surface area contributed by atoms with E-state index >= 15 is 0 Å². The lowest BCUT2D eigenvalue weighted by molar-refractivity contribution is -0.274. The Morgan fingerprint density at radius 1 is 0.970 bits per heavy atom. The van der Waals surface area contributed by atoms with Gasteiger partial charge in [-0.05, 0) is 36.8 Å². The summed E-state index contributed by atoms with van der Waals surface area (Å²) < 4.78 is 81.3. The highest BCUT2D eigenvalue weighted by atomic mass is 19.4. The third kappa shape index (κ3) is 6.48. The molecule has 1 heterocycles. The van der Waals surface area contributed by atoms with Crippen LogP contribution in [0.25, 0.3) is 11.3 Å². The minimum atomic E-state index is -4.88. The van der Waals surface area contributed by atoms with E-state index in [0.717, 1.165) is 18.2 Å². The van der Waals surface area contributed by atoms with Crippen LogP contribution in [0.2, 0.25) is 0 Å². The number of hydrogen-bond acceptors (Lipinski definition) is 6. The van der Waals surface area contributed by atoms with Gasteiger partial charge in [0.1, 0.15) is 11.6 Å². The van der Waals surface area contributed by atoms with E-state index in [1.165, 1.54) is 37.3 Å². The van der Waals surface area contributed by atoms with Crippen molar-refractivity contribution in [1.82, 2.24) is 9.97 Å². The summed E-state index contributed by atoms with van der Waals surface area (Å²) in [5.41, 5.74) is -0.329. The van der Waals surface area contributed by atoms with Crippen molar-refractivity contribution in [3.05, 3.63) is 59.7 Å².